The van der Waals surface area contributed by atoms with Crippen LogP contribution in [-0.2, 0) is 4.79 Å². The van der Waals surface area contributed by atoms with Gasteiger partial charge >= 0.3 is 0 Å². The highest BCUT2D eigenvalue weighted by Gasteiger charge is 1.86. The molecule has 0 atom stereocenters. The van der Waals surface area contributed by atoms with E-state index in [1.54, 1.807) is 13.0 Å². The minimum atomic E-state index is 0.107. The van der Waals surface area contributed by atoms with Gasteiger partial charge in [-0.1, -0.05) is 35.6 Å². The fourth-order valence-corrected chi connectivity index (χ4v) is 1.36. The monoisotopic (exact) mass is 226 g/mol. The predicted molar refractivity (Wildman–Crippen MR) is 71.7 cm³/mol. The van der Waals surface area contributed by atoms with Gasteiger partial charge in [-0.3, -0.25) is 4.79 Å². The van der Waals surface area contributed by atoms with E-state index in [0.29, 0.717) is 0 Å². The lowest BCUT2D eigenvalue weighted by Gasteiger charge is -1.91. The van der Waals surface area contributed by atoms with E-state index in [2.05, 4.69) is 30.9 Å². The van der Waals surface area contributed by atoms with Gasteiger partial charge in [0.15, 0.2) is 5.78 Å². The van der Waals surface area contributed by atoms with Crippen LogP contribution in [0.1, 0.15) is 37.3 Å². The van der Waals surface area contributed by atoms with Crippen molar-refractivity contribution in [1.82, 2.24) is 0 Å². The fraction of sp³-hybridized carbons (Fsp3) is 0.312. The Hall–Kier alpha value is -1.81. The molecule has 0 aliphatic carbocycles. The second-order valence-electron chi connectivity index (χ2n) is 4.07. The van der Waals surface area contributed by atoms with Crippen molar-refractivity contribution < 1.29 is 4.79 Å². The highest BCUT2D eigenvalue weighted by Crippen LogP contribution is 2.01. The average molecular weight is 226 g/mol. The van der Waals surface area contributed by atoms with Gasteiger partial charge in [0.1, 0.15) is 0 Å². The Balaban J connectivity index is 2.27. The number of aryl methyl sites for hydroxylation is 1. The zero-order valence-electron chi connectivity index (χ0n) is 10.5. The third-order valence-electron chi connectivity index (χ3n) is 2.31. The Bertz CT molecular complexity index is 441. The van der Waals surface area contributed by atoms with Crippen LogP contribution in [0.3, 0.4) is 0 Å². The summed E-state index contributed by atoms with van der Waals surface area (Å²) in [6.45, 7) is 3.63. The van der Waals surface area contributed by atoms with Crippen LogP contribution in [0.5, 0.6) is 0 Å². The SMILES string of the molecule is CC(=O)/C=C/CCCC#Cc1ccc(C)cc1. The molecule has 1 rings (SSSR count). The van der Waals surface area contributed by atoms with Crippen molar-refractivity contribution in [2.45, 2.75) is 33.1 Å². The Kier molecular flexibility index (Phi) is 5.82. The first-order chi connectivity index (χ1) is 8.18. The molecule has 1 heteroatoms. The molecule has 0 aliphatic rings. The van der Waals surface area contributed by atoms with Crippen LogP contribution in [-0.4, -0.2) is 5.78 Å². The van der Waals surface area contributed by atoms with Gasteiger partial charge in [0.2, 0.25) is 0 Å². The average Bonchev–Trinajstić information content (AvgIpc) is 2.30. The van der Waals surface area contributed by atoms with Crippen molar-refractivity contribution >= 4 is 5.78 Å². The van der Waals surface area contributed by atoms with Gasteiger partial charge in [0.05, 0.1) is 0 Å². The van der Waals surface area contributed by atoms with E-state index in [1.165, 1.54) is 5.56 Å². The van der Waals surface area contributed by atoms with E-state index < -0.39 is 0 Å². The van der Waals surface area contributed by atoms with Crippen molar-refractivity contribution in [3.63, 3.8) is 0 Å². The number of hydrogen-bond acceptors (Lipinski definition) is 1. The topological polar surface area (TPSA) is 17.1 Å². The Morgan fingerprint density at radius 3 is 2.65 bits per heavy atom. The molecule has 0 spiro atoms. The van der Waals surface area contributed by atoms with Crippen molar-refractivity contribution in [3.05, 3.63) is 47.5 Å². The maximum Gasteiger partial charge on any atom is 0.152 e. The Morgan fingerprint density at radius 1 is 1.29 bits per heavy atom. The van der Waals surface area contributed by atoms with Crippen LogP contribution in [0.25, 0.3) is 0 Å². The van der Waals surface area contributed by atoms with Crippen LogP contribution in [0.15, 0.2) is 36.4 Å². The number of carbonyl (C=O) groups is 1. The van der Waals surface area contributed by atoms with Gasteiger partial charge in [-0.05, 0) is 44.9 Å². The number of allylic oxidation sites excluding steroid dienone is 2. The van der Waals surface area contributed by atoms with E-state index in [1.807, 2.05) is 18.2 Å². The summed E-state index contributed by atoms with van der Waals surface area (Å²) in [7, 11) is 0. The largest absolute Gasteiger partial charge is 0.295 e. The molecule has 0 aromatic heterocycles. The molecular weight excluding hydrogens is 208 g/mol. The van der Waals surface area contributed by atoms with Gasteiger partial charge in [0.25, 0.3) is 0 Å². The molecule has 0 saturated carbocycles. The third-order valence-corrected chi connectivity index (χ3v) is 2.31. The summed E-state index contributed by atoms with van der Waals surface area (Å²) in [5.41, 5.74) is 2.32. The fourth-order valence-electron chi connectivity index (χ4n) is 1.36. The molecule has 0 radical (unpaired) electrons. The summed E-state index contributed by atoms with van der Waals surface area (Å²) >= 11 is 0. The molecule has 0 N–H and O–H groups in total. The second kappa shape index (κ2) is 7.46. The number of ketones is 1. The number of hydrogen-bond donors (Lipinski definition) is 0. The van der Waals surface area contributed by atoms with Crippen LogP contribution < -0.4 is 0 Å². The molecule has 1 aromatic rings. The molecule has 1 nitrogen and oxygen atoms in total. The van der Waals surface area contributed by atoms with Crippen molar-refractivity contribution in [3.8, 4) is 11.8 Å². The minimum absolute atomic E-state index is 0.107. The van der Waals surface area contributed by atoms with Crippen LogP contribution in [0.2, 0.25) is 0 Å². The molecular formula is C16H18O. The first-order valence-electron chi connectivity index (χ1n) is 5.91. The summed E-state index contributed by atoms with van der Waals surface area (Å²) in [4.78, 5) is 10.6. The van der Waals surface area contributed by atoms with Crippen LogP contribution in [0, 0.1) is 18.8 Å². The van der Waals surface area contributed by atoms with E-state index in [4.69, 9.17) is 0 Å². The summed E-state index contributed by atoms with van der Waals surface area (Å²) in [5.74, 6) is 6.38. The quantitative estimate of drug-likeness (QED) is 0.435. The maximum absolute atomic E-state index is 10.6. The van der Waals surface area contributed by atoms with Crippen LogP contribution in [0.4, 0.5) is 0 Å². The molecule has 88 valence electrons. The van der Waals surface area contributed by atoms with Gasteiger partial charge in [-0.25, -0.2) is 0 Å². The molecule has 17 heavy (non-hydrogen) atoms. The van der Waals surface area contributed by atoms with Gasteiger partial charge in [-0.2, -0.15) is 0 Å². The van der Waals surface area contributed by atoms with Gasteiger partial charge in [0, 0.05) is 12.0 Å². The zero-order chi connectivity index (χ0) is 12.5. The Labute approximate surface area is 104 Å². The lowest BCUT2D eigenvalue weighted by atomic mass is 10.1. The summed E-state index contributed by atoms with van der Waals surface area (Å²) < 4.78 is 0. The molecule has 0 aliphatic heterocycles. The zero-order valence-corrected chi connectivity index (χ0v) is 10.5. The van der Waals surface area contributed by atoms with Crippen LogP contribution >= 0.6 is 0 Å². The summed E-state index contributed by atoms with van der Waals surface area (Å²) in [6, 6.07) is 8.22. The van der Waals surface area contributed by atoms with E-state index in [0.717, 1.165) is 24.8 Å². The molecule has 0 fully saturated rings. The van der Waals surface area contributed by atoms with Crippen molar-refractivity contribution in [1.29, 1.82) is 0 Å². The highest BCUT2D eigenvalue weighted by molar-refractivity contribution is 5.87. The third kappa shape index (κ3) is 6.37. The normalized spacial score (nSPS) is 10.0. The molecule has 0 heterocycles. The maximum atomic E-state index is 10.6. The minimum Gasteiger partial charge on any atom is -0.295 e. The number of carbonyl (C=O) groups excluding carboxylic acids is 1. The second-order valence-corrected chi connectivity index (χ2v) is 4.07. The lowest BCUT2D eigenvalue weighted by Crippen LogP contribution is -1.79. The highest BCUT2D eigenvalue weighted by atomic mass is 16.1. The molecule has 0 amide bonds. The van der Waals surface area contributed by atoms with Gasteiger partial charge in [-0.15, -0.1) is 0 Å². The summed E-state index contributed by atoms with van der Waals surface area (Å²) in [6.07, 6.45) is 6.32. The molecule has 0 unspecified atom stereocenters. The van der Waals surface area contributed by atoms with Crippen molar-refractivity contribution in [2.24, 2.45) is 0 Å². The molecule has 1 aromatic carbocycles. The summed E-state index contributed by atoms with van der Waals surface area (Å²) in [5, 5.41) is 0. The standard InChI is InChI=1S/C16H18O/c1-14-10-12-16(13-11-14)9-7-5-3-4-6-8-15(2)17/h6,8,10-13H,3-5H2,1-2H3/b8-6+. The first kappa shape index (κ1) is 13.3. The smallest absolute Gasteiger partial charge is 0.152 e. The van der Waals surface area contributed by atoms with E-state index in [-0.39, 0.29) is 5.78 Å². The molecule has 0 saturated heterocycles. The van der Waals surface area contributed by atoms with Crippen molar-refractivity contribution in [2.75, 3.05) is 0 Å². The van der Waals surface area contributed by atoms with E-state index in [9.17, 15) is 4.79 Å². The number of benzene rings is 1. The lowest BCUT2D eigenvalue weighted by molar-refractivity contribution is -0.112. The number of rotatable bonds is 4. The number of unbranched alkanes of at least 4 members (excludes halogenated alkanes) is 2. The van der Waals surface area contributed by atoms with E-state index >= 15 is 0 Å². The van der Waals surface area contributed by atoms with Gasteiger partial charge < -0.3 is 0 Å². The first-order valence-corrected chi connectivity index (χ1v) is 5.91. The Morgan fingerprint density at radius 2 is 2.00 bits per heavy atom. The predicted octanol–water partition coefficient (Wildman–Crippen LogP) is 3.66. The molecule has 0 bridgehead atoms.